The SMILES string of the molecule is Cc1c(-c2ccc(N3CCc4cccc(C(=O)Nc5nc6ccccc6s5)c4C3)nc2C(=O)O)cnn1CC12CC3(C)CC(C)(C1)CC(OCCN(CCS(=O)(=O)O)C(=O)OCc1ccc(NC(=O)[C@H](C)NC(=O)[C@@H](NC(=O)CCCCCNC(=O)CCl)C(C)C)cc1)(C3)C2. The summed E-state index contributed by atoms with van der Waals surface area (Å²) in [5, 5.41) is 30.0. The molecule has 6 amide bonds. The molecule has 95 heavy (non-hydrogen) atoms. The maximum absolute atomic E-state index is 13.8. The van der Waals surface area contributed by atoms with Gasteiger partial charge in [0.05, 0.1) is 34.4 Å². The fraction of sp³-hybridized carbons (Fsp3) is 0.500. The number of anilines is 3. The number of carbonyl (C=O) groups is 7. The van der Waals surface area contributed by atoms with Crippen LogP contribution in [0.15, 0.2) is 85.1 Å². The van der Waals surface area contributed by atoms with Crippen molar-refractivity contribution in [3.8, 4) is 11.1 Å². The number of carboxylic acid groups (broad SMARTS) is 1. The summed E-state index contributed by atoms with van der Waals surface area (Å²) in [6.07, 6.45) is 8.71. The highest BCUT2D eigenvalue weighted by Gasteiger charge is 2.66. The number of nitrogens with one attached hydrogen (secondary N) is 5. The number of rotatable bonds is 29. The van der Waals surface area contributed by atoms with Gasteiger partial charge in [-0.2, -0.15) is 13.5 Å². The molecule has 4 atom stereocenters. The zero-order valence-corrected chi connectivity index (χ0v) is 56.8. The lowest BCUT2D eigenvalue weighted by atomic mass is 9.39. The molecule has 5 aliphatic rings. The molecule has 27 heteroatoms. The molecule has 24 nitrogen and oxygen atoms in total. The summed E-state index contributed by atoms with van der Waals surface area (Å²) in [7, 11) is -4.47. The maximum Gasteiger partial charge on any atom is 0.410 e. The Morgan fingerprint density at radius 3 is 2.26 bits per heavy atom. The van der Waals surface area contributed by atoms with E-state index < -0.39 is 57.4 Å². The number of para-hydroxylation sites is 1. The molecule has 0 saturated heterocycles. The van der Waals surface area contributed by atoms with E-state index in [9.17, 15) is 51.6 Å². The zero-order chi connectivity index (χ0) is 68.0. The number of benzene rings is 3. The largest absolute Gasteiger partial charge is 0.476 e. The molecule has 0 spiro atoms. The van der Waals surface area contributed by atoms with Crippen LogP contribution in [0.2, 0.25) is 0 Å². The number of hydrogen-bond acceptors (Lipinski definition) is 16. The molecule has 0 radical (unpaired) electrons. The first-order valence-corrected chi connectivity index (χ1v) is 35.2. The second-order valence-corrected chi connectivity index (χ2v) is 30.1. The average molecular weight is 1360 g/mol. The number of carbonyl (C=O) groups excluding carboxylic acids is 6. The lowest BCUT2D eigenvalue weighted by Crippen LogP contribution is -2.64. The van der Waals surface area contributed by atoms with Crippen molar-refractivity contribution in [1.29, 1.82) is 0 Å². The molecule has 1 aliphatic heterocycles. The van der Waals surface area contributed by atoms with Gasteiger partial charge in [-0.15, -0.1) is 11.6 Å². The van der Waals surface area contributed by atoms with Crippen molar-refractivity contribution in [3.05, 3.63) is 119 Å². The van der Waals surface area contributed by atoms with E-state index in [0.29, 0.717) is 97.2 Å². The molecule has 508 valence electrons. The number of amides is 6. The minimum Gasteiger partial charge on any atom is -0.476 e. The van der Waals surface area contributed by atoms with E-state index in [0.717, 1.165) is 59.1 Å². The van der Waals surface area contributed by atoms with Crippen LogP contribution in [0.4, 0.5) is 21.4 Å². The van der Waals surface area contributed by atoms with Gasteiger partial charge in [-0.1, -0.05) is 81.9 Å². The minimum absolute atomic E-state index is 0.0328. The van der Waals surface area contributed by atoms with Crippen molar-refractivity contribution < 1.29 is 61.1 Å². The van der Waals surface area contributed by atoms with Crippen LogP contribution >= 0.6 is 22.9 Å². The number of pyridine rings is 1. The van der Waals surface area contributed by atoms with Crippen molar-refractivity contribution in [3.63, 3.8) is 0 Å². The monoisotopic (exact) mass is 1360 g/mol. The number of nitrogens with zero attached hydrogens (tertiary/aromatic N) is 6. The first kappa shape index (κ1) is 69.8. The van der Waals surface area contributed by atoms with Crippen LogP contribution in [0.5, 0.6) is 0 Å². The Bertz CT molecular complexity index is 3940. The molecule has 7 N–H and O–H groups in total. The van der Waals surface area contributed by atoms with Crippen LogP contribution in [0.25, 0.3) is 21.3 Å². The van der Waals surface area contributed by atoms with Gasteiger partial charge in [0.1, 0.15) is 30.4 Å². The number of aromatic carboxylic acids is 1. The molecule has 6 aromatic rings. The summed E-state index contributed by atoms with van der Waals surface area (Å²) < 4.78 is 49.4. The van der Waals surface area contributed by atoms with E-state index in [1.54, 1.807) is 56.4 Å². The Kier molecular flexibility index (Phi) is 21.4. The Balaban J connectivity index is 0.738. The van der Waals surface area contributed by atoms with Crippen molar-refractivity contribution in [1.82, 2.24) is 40.6 Å². The first-order valence-electron chi connectivity index (χ1n) is 32.3. The number of aromatic nitrogens is 4. The minimum atomic E-state index is -4.47. The third-order valence-corrected chi connectivity index (χ3v) is 20.6. The second kappa shape index (κ2) is 29.1. The van der Waals surface area contributed by atoms with E-state index in [-0.39, 0.29) is 84.2 Å². The lowest BCUT2D eigenvalue weighted by Gasteiger charge is -2.69. The highest BCUT2D eigenvalue weighted by atomic mass is 35.5. The van der Waals surface area contributed by atoms with E-state index in [1.807, 2.05) is 59.0 Å². The van der Waals surface area contributed by atoms with Crippen LogP contribution in [0.3, 0.4) is 0 Å². The maximum atomic E-state index is 13.8. The highest BCUT2D eigenvalue weighted by molar-refractivity contribution is 7.85. The van der Waals surface area contributed by atoms with Gasteiger partial charge in [0.2, 0.25) is 23.6 Å². The number of fused-ring (bicyclic) bond motifs is 2. The van der Waals surface area contributed by atoms with Gasteiger partial charge >= 0.3 is 12.1 Å². The third-order valence-electron chi connectivity index (χ3n) is 18.7. The predicted molar refractivity (Wildman–Crippen MR) is 361 cm³/mol. The van der Waals surface area contributed by atoms with E-state index >= 15 is 0 Å². The van der Waals surface area contributed by atoms with Gasteiger partial charge in [-0.3, -0.25) is 38.5 Å². The molecule has 4 saturated carbocycles. The number of thiazole rings is 1. The van der Waals surface area contributed by atoms with Gasteiger partial charge in [0.15, 0.2) is 10.8 Å². The topological polar surface area (TPSA) is 323 Å². The number of unbranched alkanes of at least 4 members (excludes halogenated alkanes) is 2. The molecule has 11 rings (SSSR count). The number of halogens is 1. The highest BCUT2D eigenvalue weighted by Crippen LogP contribution is 2.72. The van der Waals surface area contributed by atoms with Crippen molar-refractivity contribution >= 4 is 102 Å². The molecule has 4 aliphatic carbocycles. The summed E-state index contributed by atoms with van der Waals surface area (Å²) >= 11 is 6.90. The fourth-order valence-corrected chi connectivity index (χ4v) is 16.9. The van der Waals surface area contributed by atoms with Crippen LogP contribution in [0, 0.1) is 29.1 Å². The molecular formula is C68H84ClN11O13S2. The number of hydrogen-bond donors (Lipinski definition) is 7. The van der Waals surface area contributed by atoms with Crippen molar-refractivity contribution in [2.24, 2.45) is 22.2 Å². The third kappa shape index (κ3) is 17.2. The predicted octanol–water partition coefficient (Wildman–Crippen LogP) is 9.54. The second-order valence-electron chi connectivity index (χ2n) is 27.3. The van der Waals surface area contributed by atoms with Crippen molar-refractivity contribution in [2.75, 3.05) is 60.0 Å². The average Bonchev–Trinajstić information content (AvgIpc) is 0.791. The first-order chi connectivity index (χ1) is 45.1. The fourth-order valence-electron chi connectivity index (χ4n) is 15.5. The summed E-state index contributed by atoms with van der Waals surface area (Å²) in [6.45, 7) is 13.0. The molecule has 3 aromatic carbocycles. The quantitative estimate of drug-likeness (QED) is 0.0130. The Morgan fingerprint density at radius 1 is 0.811 bits per heavy atom. The Labute approximate surface area is 561 Å². The molecule has 4 bridgehead atoms. The lowest BCUT2D eigenvalue weighted by molar-refractivity contribution is -0.248. The Hall–Kier alpha value is -8.04. The molecule has 2 unspecified atom stereocenters. The molecule has 3 aromatic heterocycles. The van der Waals surface area contributed by atoms with Gasteiger partial charge < -0.3 is 45.6 Å². The summed E-state index contributed by atoms with van der Waals surface area (Å²) in [4.78, 5) is 104. The Morgan fingerprint density at radius 2 is 1.56 bits per heavy atom. The summed E-state index contributed by atoms with van der Waals surface area (Å²) in [5.74, 6) is -3.71. The molecular weight excluding hydrogens is 1280 g/mol. The van der Waals surface area contributed by atoms with Crippen LogP contribution in [0.1, 0.15) is 142 Å². The summed E-state index contributed by atoms with van der Waals surface area (Å²) in [5.41, 5.74) is 4.86. The smallest absolute Gasteiger partial charge is 0.410 e. The van der Waals surface area contributed by atoms with Crippen LogP contribution in [-0.4, -0.2) is 146 Å². The van der Waals surface area contributed by atoms with Gasteiger partial charge in [-0.05, 0) is 153 Å². The molecule has 4 heterocycles. The van der Waals surface area contributed by atoms with E-state index in [4.69, 9.17) is 31.2 Å². The summed E-state index contributed by atoms with van der Waals surface area (Å²) in [6, 6.07) is 21.6. The van der Waals surface area contributed by atoms with E-state index in [2.05, 4.69) is 45.4 Å². The van der Waals surface area contributed by atoms with Crippen molar-refractivity contribution in [2.45, 2.75) is 150 Å². The number of alkyl halides is 1. The van der Waals surface area contributed by atoms with Gasteiger partial charge in [0, 0.05) is 73.8 Å². The number of carboxylic acids is 1. The van der Waals surface area contributed by atoms with Gasteiger partial charge in [0.25, 0.3) is 16.0 Å². The van der Waals surface area contributed by atoms with Crippen LogP contribution < -0.4 is 31.5 Å². The molecule has 4 fully saturated rings. The van der Waals surface area contributed by atoms with E-state index in [1.165, 1.54) is 23.2 Å². The normalized spacial score (nSPS) is 21.0. The van der Waals surface area contributed by atoms with Gasteiger partial charge in [-0.25, -0.2) is 19.6 Å². The standard InChI is InChI=1S/C68H84ClN11O13S2/c1-42(2)57(76-55(81)17-8-7-11-25-70-56(82)31-69)61(85)72-43(3)59(83)73-47-20-18-45(19-21-47)34-92-64(88)78(28-30-95(89,90)91)27-29-93-68-38-65(5)35-66(6,39-68)37-67(36-65,40-68)41-80-44(4)50(32-71-80)48-22-23-54(75-58(48)62(86)87)79-26-24-46-13-12-14-49(51(46)33-79)60(84)77-63-74-52-15-9-10-16-53(52)94-63/h9-10,12-16,18-23,32,42-43,57H,7-8,11,17,24-31,33-41H2,1-6H3,(H,70,82)(H,72,85)(H,73,83)(H,76,81)(H,86,87)(H,74,77,84)(H,89,90,91)/t43-,57-,65?,66?,67?,68?/m0/s1. The zero-order valence-electron chi connectivity index (χ0n) is 54.4. The van der Waals surface area contributed by atoms with Crippen LogP contribution in [-0.2, 0) is 64.9 Å². The number of ether oxygens (including phenoxy) is 2.